The summed E-state index contributed by atoms with van der Waals surface area (Å²) < 4.78 is 3.03. The summed E-state index contributed by atoms with van der Waals surface area (Å²) in [6.07, 6.45) is 1.78. The van der Waals surface area contributed by atoms with Crippen LogP contribution in [-0.4, -0.2) is 30.4 Å². The Balaban J connectivity index is 1.63. The van der Waals surface area contributed by atoms with Crippen molar-refractivity contribution in [3.63, 3.8) is 0 Å². The zero-order valence-corrected chi connectivity index (χ0v) is 14.4. The minimum Gasteiger partial charge on any atom is -0.358 e. The van der Waals surface area contributed by atoms with Crippen molar-refractivity contribution in [1.82, 2.24) is 19.6 Å². The topological polar surface area (TPSA) is 108 Å². The molecule has 2 aromatic heterocycles. The van der Waals surface area contributed by atoms with Crippen molar-refractivity contribution >= 4 is 17.5 Å². The van der Waals surface area contributed by atoms with Gasteiger partial charge in [0.15, 0.2) is 5.82 Å². The van der Waals surface area contributed by atoms with E-state index in [1.165, 1.54) is 16.3 Å². The number of hydrogen-bond donors (Lipinski definition) is 1. The molecule has 3 rings (SSSR count). The van der Waals surface area contributed by atoms with E-state index in [-0.39, 0.29) is 18.3 Å². The van der Waals surface area contributed by atoms with Crippen LogP contribution in [0.5, 0.6) is 0 Å². The second kappa shape index (κ2) is 7.18. The van der Waals surface area contributed by atoms with Crippen molar-refractivity contribution in [3.05, 3.63) is 69.5 Å². The SMILES string of the molecule is Cc1ccccc1Cn1ccc(NC(=O)Cn2nc([N+](=O)[O-])cc2C)n1. The Hall–Kier alpha value is -3.49. The molecule has 26 heavy (non-hydrogen) atoms. The van der Waals surface area contributed by atoms with Crippen LogP contribution in [0.1, 0.15) is 16.8 Å². The third kappa shape index (κ3) is 3.94. The molecule has 9 nitrogen and oxygen atoms in total. The minimum absolute atomic E-state index is 0.121. The molecule has 9 heteroatoms. The molecule has 0 aliphatic rings. The standard InChI is InChI=1S/C17H18N6O3/c1-12-5-3-4-6-14(12)10-21-8-7-15(19-21)18-17(24)11-22-13(2)9-16(20-22)23(25)26/h3-9H,10-11H2,1-2H3,(H,18,19,24). The quantitative estimate of drug-likeness (QED) is 0.540. The lowest BCUT2D eigenvalue weighted by molar-refractivity contribution is -0.389. The Kier molecular flexibility index (Phi) is 4.78. The maximum absolute atomic E-state index is 12.1. The molecule has 1 amide bonds. The first kappa shape index (κ1) is 17.3. The number of rotatable bonds is 6. The Morgan fingerprint density at radius 2 is 2.00 bits per heavy atom. The smallest absolute Gasteiger partial charge is 0.358 e. The first-order valence-electron chi connectivity index (χ1n) is 7.99. The lowest BCUT2D eigenvalue weighted by Gasteiger charge is -2.05. The van der Waals surface area contributed by atoms with Gasteiger partial charge in [0.2, 0.25) is 5.91 Å². The summed E-state index contributed by atoms with van der Waals surface area (Å²) in [6, 6.07) is 11.0. The van der Waals surface area contributed by atoms with Gasteiger partial charge in [-0.3, -0.25) is 9.48 Å². The fourth-order valence-electron chi connectivity index (χ4n) is 2.54. The van der Waals surface area contributed by atoms with E-state index in [4.69, 9.17) is 0 Å². The second-order valence-corrected chi connectivity index (χ2v) is 5.93. The molecule has 2 heterocycles. The molecule has 0 aliphatic heterocycles. The highest BCUT2D eigenvalue weighted by Gasteiger charge is 2.17. The van der Waals surface area contributed by atoms with Crippen LogP contribution < -0.4 is 5.32 Å². The van der Waals surface area contributed by atoms with Crippen LogP contribution in [0.4, 0.5) is 11.6 Å². The number of nitro groups is 1. The maximum atomic E-state index is 12.1. The average Bonchev–Trinajstić information content (AvgIpc) is 3.17. The van der Waals surface area contributed by atoms with Crippen molar-refractivity contribution in [3.8, 4) is 0 Å². The number of aromatic nitrogens is 4. The van der Waals surface area contributed by atoms with Crippen molar-refractivity contribution in [2.45, 2.75) is 26.9 Å². The molecule has 0 spiro atoms. The number of anilines is 1. The zero-order valence-electron chi connectivity index (χ0n) is 14.4. The summed E-state index contributed by atoms with van der Waals surface area (Å²) in [7, 11) is 0. The van der Waals surface area contributed by atoms with Gasteiger partial charge in [-0.25, -0.2) is 0 Å². The molecular formula is C17H18N6O3. The predicted molar refractivity (Wildman–Crippen MR) is 94.8 cm³/mol. The number of aryl methyl sites for hydroxylation is 2. The van der Waals surface area contributed by atoms with E-state index in [2.05, 4.69) is 15.5 Å². The highest BCUT2D eigenvalue weighted by molar-refractivity contribution is 5.89. The van der Waals surface area contributed by atoms with Crippen molar-refractivity contribution < 1.29 is 9.72 Å². The highest BCUT2D eigenvalue weighted by atomic mass is 16.6. The largest absolute Gasteiger partial charge is 0.390 e. The van der Waals surface area contributed by atoms with Gasteiger partial charge in [-0.2, -0.15) is 9.78 Å². The fourth-order valence-corrected chi connectivity index (χ4v) is 2.54. The predicted octanol–water partition coefficient (Wildman–Crippen LogP) is 2.29. The van der Waals surface area contributed by atoms with Crippen molar-refractivity contribution in [2.75, 3.05) is 5.32 Å². The highest BCUT2D eigenvalue weighted by Crippen LogP contribution is 2.12. The Bertz CT molecular complexity index is 959. The monoisotopic (exact) mass is 354 g/mol. The van der Waals surface area contributed by atoms with Gasteiger partial charge in [-0.1, -0.05) is 24.3 Å². The molecule has 0 aliphatic carbocycles. The second-order valence-electron chi connectivity index (χ2n) is 5.93. The number of carbonyl (C=O) groups excluding carboxylic acids is 1. The van der Waals surface area contributed by atoms with Gasteiger partial charge >= 0.3 is 5.82 Å². The van der Waals surface area contributed by atoms with Crippen LogP contribution in [0.2, 0.25) is 0 Å². The van der Waals surface area contributed by atoms with Gasteiger partial charge in [0, 0.05) is 12.3 Å². The molecule has 1 N–H and O–H groups in total. The molecule has 0 radical (unpaired) electrons. The summed E-state index contributed by atoms with van der Waals surface area (Å²) in [5.74, 6) is -0.215. The molecule has 0 bridgehead atoms. The van der Waals surface area contributed by atoms with Crippen LogP contribution >= 0.6 is 0 Å². The van der Waals surface area contributed by atoms with E-state index in [1.54, 1.807) is 23.9 Å². The van der Waals surface area contributed by atoms with Gasteiger partial charge < -0.3 is 15.4 Å². The number of hydrogen-bond acceptors (Lipinski definition) is 5. The Morgan fingerprint density at radius 1 is 1.23 bits per heavy atom. The first-order chi connectivity index (χ1) is 12.4. The summed E-state index contributed by atoms with van der Waals surface area (Å²) in [6.45, 7) is 4.18. The lowest BCUT2D eigenvalue weighted by Crippen LogP contribution is -2.20. The summed E-state index contributed by atoms with van der Waals surface area (Å²) in [5.41, 5.74) is 2.86. The van der Waals surface area contributed by atoms with E-state index in [9.17, 15) is 14.9 Å². The van der Waals surface area contributed by atoms with Crippen LogP contribution in [0.3, 0.4) is 0 Å². The molecule has 0 unspecified atom stereocenters. The van der Waals surface area contributed by atoms with Crippen molar-refractivity contribution in [1.29, 1.82) is 0 Å². The van der Waals surface area contributed by atoms with Gasteiger partial charge in [0.1, 0.15) is 6.54 Å². The molecule has 1 aromatic carbocycles. The van der Waals surface area contributed by atoms with Crippen LogP contribution in [0, 0.1) is 24.0 Å². The normalized spacial score (nSPS) is 10.7. The number of nitrogens with one attached hydrogen (secondary N) is 1. The van der Waals surface area contributed by atoms with Gasteiger partial charge in [-0.05, 0) is 29.9 Å². The third-order valence-corrected chi connectivity index (χ3v) is 3.95. The van der Waals surface area contributed by atoms with E-state index >= 15 is 0 Å². The molecule has 134 valence electrons. The average molecular weight is 354 g/mol. The minimum atomic E-state index is -0.589. The molecule has 3 aromatic rings. The zero-order chi connectivity index (χ0) is 18.7. The van der Waals surface area contributed by atoms with Gasteiger partial charge in [0.25, 0.3) is 0 Å². The first-order valence-corrected chi connectivity index (χ1v) is 7.99. The number of nitrogens with zero attached hydrogens (tertiary/aromatic N) is 5. The molecule has 0 saturated carbocycles. The molecule has 0 saturated heterocycles. The number of benzene rings is 1. The van der Waals surface area contributed by atoms with Crippen LogP contribution in [-0.2, 0) is 17.9 Å². The molecule has 0 fully saturated rings. The molecular weight excluding hydrogens is 336 g/mol. The van der Waals surface area contributed by atoms with E-state index in [0.29, 0.717) is 18.1 Å². The van der Waals surface area contributed by atoms with E-state index in [0.717, 1.165) is 5.56 Å². The Labute approximate surface area is 149 Å². The van der Waals surface area contributed by atoms with Gasteiger partial charge in [0.05, 0.1) is 23.4 Å². The lowest BCUT2D eigenvalue weighted by atomic mass is 10.1. The van der Waals surface area contributed by atoms with Crippen LogP contribution in [0.25, 0.3) is 0 Å². The van der Waals surface area contributed by atoms with Crippen LogP contribution in [0.15, 0.2) is 42.6 Å². The number of carbonyl (C=O) groups is 1. The van der Waals surface area contributed by atoms with Crippen molar-refractivity contribution in [2.24, 2.45) is 0 Å². The van der Waals surface area contributed by atoms with E-state index < -0.39 is 4.92 Å². The summed E-state index contributed by atoms with van der Waals surface area (Å²) in [4.78, 5) is 22.3. The third-order valence-electron chi connectivity index (χ3n) is 3.95. The fraction of sp³-hybridized carbons (Fsp3) is 0.235. The summed E-state index contributed by atoms with van der Waals surface area (Å²) >= 11 is 0. The van der Waals surface area contributed by atoms with E-state index in [1.807, 2.05) is 31.2 Å². The number of amides is 1. The molecule has 0 atom stereocenters. The van der Waals surface area contributed by atoms with Gasteiger partial charge in [-0.15, -0.1) is 0 Å². The Morgan fingerprint density at radius 3 is 2.69 bits per heavy atom. The maximum Gasteiger partial charge on any atom is 0.390 e. The summed E-state index contributed by atoms with van der Waals surface area (Å²) in [5, 5.41) is 21.5.